The van der Waals surface area contributed by atoms with Crippen molar-refractivity contribution in [2.75, 3.05) is 73.1 Å². The molecule has 0 aliphatic heterocycles. The van der Waals surface area contributed by atoms with Crippen molar-refractivity contribution in [3.05, 3.63) is 23.3 Å². The molecule has 0 aromatic heterocycles. The summed E-state index contributed by atoms with van der Waals surface area (Å²) in [6.45, 7) is 8.60. The summed E-state index contributed by atoms with van der Waals surface area (Å²) in [7, 11) is 6.15. The van der Waals surface area contributed by atoms with Crippen molar-refractivity contribution < 1.29 is 18.5 Å². The Hall–Kier alpha value is -1.13. The third-order valence-electron chi connectivity index (χ3n) is 5.17. The number of aryl methyl sites for hydroxylation is 2. The molecule has 1 rings (SSSR count). The van der Waals surface area contributed by atoms with Gasteiger partial charge >= 0.3 is 0 Å². The standard InChI is InChI=1S/C23H41N3O4S2/c1-18-14-21(29-7)15-19(2)23(18)32(28)26(12-13-31-8)20(3)16-30-17-22(27)25(6)11-9-10-24(4)5/h14-15,20H,9-13,16-17H2,1-8H3. The minimum absolute atomic E-state index is 0.0328. The van der Waals surface area contributed by atoms with Gasteiger partial charge in [0.1, 0.15) is 23.3 Å². The van der Waals surface area contributed by atoms with Crippen molar-refractivity contribution in [1.29, 1.82) is 0 Å². The molecule has 0 heterocycles. The quantitative estimate of drug-likeness (QED) is 0.379. The summed E-state index contributed by atoms with van der Waals surface area (Å²) in [6, 6.07) is 3.73. The second-order valence-electron chi connectivity index (χ2n) is 8.31. The highest BCUT2D eigenvalue weighted by Crippen LogP contribution is 2.27. The fraction of sp³-hybridized carbons (Fsp3) is 0.696. The van der Waals surface area contributed by atoms with Gasteiger partial charge in [0.2, 0.25) is 5.91 Å². The number of hydrogen-bond donors (Lipinski definition) is 0. The molecule has 0 bridgehead atoms. The maximum Gasteiger partial charge on any atom is 0.248 e. The van der Waals surface area contributed by atoms with E-state index in [0.717, 1.165) is 40.5 Å². The van der Waals surface area contributed by atoms with Crippen molar-refractivity contribution in [1.82, 2.24) is 14.1 Å². The number of ether oxygens (including phenoxy) is 2. The molecule has 0 N–H and O–H groups in total. The second-order valence-corrected chi connectivity index (χ2v) is 10.7. The molecule has 2 atom stereocenters. The van der Waals surface area contributed by atoms with Gasteiger partial charge in [0.25, 0.3) is 0 Å². The summed E-state index contributed by atoms with van der Waals surface area (Å²) in [5, 5.41) is 0. The van der Waals surface area contributed by atoms with E-state index in [1.807, 2.05) is 57.6 Å². The van der Waals surface area contributed by atoms with Crippen LogP contribution in [0.5, 0.6) is 5.75 Å². The Morgan fingerprint density at radius 3 is 2.28 bits per heavy atom. The first-order valence-electron chi connectivity index (χ1n) is 10.9. The molecule has 7 nitrogen and oxygen atoms in total. The number of amides is 1. The summed E-state index contributed by atoms with van der Waals surface area (Å²) in [5.41, 5.74) is 1.88. The molecule has 32 heavy (non-hydrogen) atoms. The van der Waals surface area contributed by atoms with Gasteiger partial charge in [-0.15, -0.1) is 0 Å². The Morgan fingerprint density at radius 1 is 1.12 bits per heavy atom. The number of carbonyl (C=O) groups excluding carboxylic acids is 1. The molecule has 0 spiro atoms. The van der Waals surface area contributed by atoms with Crippen LogP contribution in [0.1, 0.15) is 24.5 Å². The van der Waals surface area contributed by atoms with Gasteiger partial charge in [0.15, 0.2) is 0 Å². The molecule has 0 radical (unpaired) electrons. The molecule has 0 aliphatic rings. The van der Waals surface area contributed by atoms with E-state index in [9.17, 15) is 9.00 Å². The Bertz CT molecular complexity index is 723. The Kier molecular flexibility index (Phi) is 13.5. The lowest BCUT2D eigenvalue weighted by Crippen LogP contribution is -2.41. The Labute approximate surface area is 201 Å². The topological polar surface area (TPSA) is 62.3 Å². The molecule has 0 fully saturated rings. The molecular formula is C23H41N3O4S2. The maximum atomic E-state index is 13.6. The van der Waals surface area contributed by atoms with Crippen LogP contribution in [0.25, 0.3) is 0 Å². The summed E-state index contributed by atoms with van der Waals surface area (Å²) < 4.78 is 26.6. The highest BCUT2D eigenvalue weighted by atomic mass is 32.2. The zero-order valence-electron chi connectivity index (χ0n) is 21.0. The third kappa shape index (κ3) is 9.39. The summed E-state index contributed by atoms with van der Waals surface area (Å²) in [4.78, 5) is 17.0. The number of benzene rings is 1. The number of rotatable bonds is 15. The van der Waals surface area contributed by atoms with Crippen LogP contribution < -0.4 is 4.74 Å². The van der Waals surface area contributed by atoms with E-state index in [-0.39, 0.29) is 18.6 Å². The predicted molar refractivity (Wildman–Crippen MR) is 135 cm³/mol. The lowest BCUT2D eigenvalue weighted by atomic mass is 10.1. The first kappa shape index (κ1) is 28.9. The number of carbonyl (C=O) groups is 1. The number of hydrogen-bond acceptors (Lipinski definition) is 6. The van der Waals surface area contributed by atoms with Gasteiger partial charge in [-0.3, -0.25) is 4.79 Å². The van der Waals surface area contributed by atoms with Gasteiger partial charge in [-0.25, -0.2) is 8.51 Å². The molecule has 1 aromatic rings. The molecule has 9 heteroatoms. The van der Waals surface area contributed by atoms with Gasteiger partial charge in [-0.2, -0.15) is 11.8 Å². The van der Waals surface area contributed by atoms with E-state index >= 15 is 0 Å². The van der Waals surface area contributed by atoms with Gasteiger partial charge in [0.05, 0.1) is 18.6 Å². The lowest BCUT2D eigenvalue weighted by Gasteiger charge is -2.29. The summed E-state index contributed by atoms with van der Waals surface area (Å²) in [6.07, 6.45) is 2.96. The first-order chi connectivity index (χ1) is 15.1. The molecular weight excluding hydrogens is 446 g/mol. The largest absolute Gasteiger partial charge is 0.497 e. The van der Waals surface area contributed by atoms with E-state index in [1.54, 1.807) is 30.8 Å². The van der Waals surface area contributed by atoms with Crippen LogP contribution in [0.4, 0.5) is 0 Å². The van der Waals surface area contributed by atoms with Crippen molar-refractivity contribution in [2.45, 2.75) is 38.1 Å². The van der Waals surface area contributed by atoms with Crippen molar-refractivity contribution in [2.24, 2.45) is 0 Å². The Morgan fingerprint density at radius 2 is 1.75 bits per heavy atom. The molecule has 0 saturated carbocycles. The van der Waals surface area contributed by atoms with Crippen LogP contribution in [-0.2, 0) is 20.5 Å². The smallest absolute Gasteiger partial charge is 0.248 e. The van der Waals surface area contributed by atoms with Gasteiger partial charge in [0, 0.05) is 31.9 Å². The zero-order valence-corrected chi connectivity index (χ0v) is 22.6. The number of likely N-dealkylation sites (N-methyl/N-ethyl adjacent to an activating group) is 1. The van der Waals surface area contributed by atoms with Gasteiger partial charge < -0.3 is 19.3 Å². The SMILES string of the molecule is COc1cc(C)c(S(=O)N(CCSC)C(C)COCC(=O)N(C)CCCN(C)C)c(C)c1. The van der Waals surface area contributed by atoms with E-state index < -0.39 is 11.0 Å². The summed E-state index contributed by atoms with van der Waals surface area (Å²) in [5.74, 6) is 1.59. The molecule has 0 saturated heterocycles. The first-order valence-corrected chi connectivity index (χ1v) is 13.4. The number of nitrogens with zero attached hydrogens (tertiary/aromatic N) is 3. The summed E-state index contributed by atoms with van der Waals surface area (Å²) >= 11 is 1.72. The van der Waals surface area contributed by atoms with Crippen LogP contribution in [0, 0.1) is 13.8 Å². The molecule has 1 aromatic carbocycles. The van der Waals surface area contributed by atoms with E-state index in [2.05, 4.69) is 4.90 Å². The molecule has 0 aliphatic carbocycles. The monoisotopic (exact) mass is 487 g/mol. The van der Waals surface area contributed by atoms with Gasteiger partial charge in [-0.05, 0) is 77.3 Å². The predicted octanol–water partition coefficient (Wildman–Crippen LogP) is 2.81. The minimum atomic E-state index is -1.33. The minimum Gasteiger partial charge on any atom is -0.497 e. The van der Waals surface area contributed by atoms with Crippen LogP contribution in [0.15, 0.2) is 17.0 Å². The molecule has 184 valence electrons. The van der Waals surface area contributed by atoms with Crippen LogP contribution in [0.3, 0.4) is 0 Å². The van der Waals surface area contributed by atoms with Gasteiger partial charge in [-0.1, -0.05) is 0 Å². The molecule has 1 amide bonds. The Balaban J connectivity index is 2.75. The third-order valence-corrected chi connectivity index (χ3v) is 7.73. The fourth-order valence-electron chi connectivity index (χ4n) is 3.33. The van der Waals surface area contributed by atoms with E-state index in [4.69, 9.17) is 9.47 Å². The fourth-order valence-corrected chi connectivity index (χ4v) is 5.37. The van der Waals surface area contributed by atoms with Crippen LogP contribution in [-0.4, -0.2) is 103 Å². The lowest BCUT2D eigenvalue weighted by molar-refractivity contribution is -0.135. The number of methoxy groups -OCH3 is 1. The normalized spacial score (nSPS) is 13.4. The average molecular weight is 488 g/mol. The van der Waals surface area contributed by atoms with E-state index in [1.165, 1.54) is 0 Å². The van der Waals surface area contributed by atoms with Crippen molar-refractivity contribution in [3.8, 4) is 5.75 Å². The average Bonchev–Trinajstić information content (AvgIpc) is 2.72. The second kappa shape index (κ2) is 14.9. The van der Waals surface area contributed by atoms with Crippen molar-refractivity contribution >= 4 is 28.7 Å². The maximum absolute atomic E-state index is 13.6. The number of thioether (sulfide) groups is 1. The highest BCUT2D eigenvalue weighted by Gasteiger charge is 2.25. The molecule has 2 unspecified atom stereocenters. The van der Waals surface area contributed by atoms with E-state index in [0.29, 0.717) is 19.7 Å². The van der Waals surface area contributed by atoms with Crippen molar-refractivity contribution in [3.63, 3.8) is 0 Å². The zero-order chi connectivity index (χ0) is 24.3. The van der Waals surface area contributed by atoms with Crippen LogP contribution in [0.2, 0.25) is 0 Å². The van der Waals surface area contributed by atoms with Crippen LogP contribution >= 0.6 is 11.8 Å². The highest BCUT2D eigenvalue weighted by molar-refractivity contribution is 7.98.